The van der Waals surface area contributed by atoms with Crippen LogP contribution in [-0.4, -0.2) is 18.4 Å². The molecule has 1 aromatic carbocycles. The molecule has 0 fully saturated rings. The lowest BCUT2D eigenvalue weighted by atomic mass is 9.63. The monoisotopic (exact) mass is 185 g/mol. The largest absolute Gasteiger partial charge is 0.479 e. The van der Waals surface area contributed by atoms with Crippen LogP contribution in [0, 0.1) is 6.57 Å². The van der Waals surface area contributed by atoms with Gasteiger partial charge in [0.1, 0.15) is 0 Å². The van der Waals surface area contributed by atoms with Crippen LogP contribution in [0.15, 0.2) is 42.0 Å². The Morgan fingerprint density at radius 1 is 1.43 bits per heavy atom. The zero-order valence-corrected chi connectivity index (χ0v) is 7.47. The lowest BCUT2D eigenvalue weighted by Gasteiger charge is -1.98. The van der Waals surface area contributed by atoms with E-state index in [1.54, 1.807) is 0 Å². The average molecular weight is 185 g/mol. The minimum atomic E-state index is -1.04. The molecule has 0 aliphatic heterocycles. The van der Waals surface area contributed by atoms with Crippen molar-refractivity contribution >= 4 is 18.7 Å². The fourth-order valence-electron chi connectivity index (χ4n) is 1.07. The van der Waals surface area contributed by atoms with Gasteiger partial charge in [0.25, 0.3) is 0 Å². The Hall–Kier alpha value is -2.02. The van der Waals surface area contributed by atoms with E-state index >= 15 is 0 Å². The topological polar surface area (TPSA) is 41.7 Å². The smallest absolute Gasteiger partial charge is 0.311 e. The molecular formula is C10H8BNO2. The van der Waals surface area contributed by atoms with E-state index in [1.807, 2.05) is 30.3 Å². The van der Waals surface area contributed by atoms with E-state index in [0.717, 1.165) is 11.7 Å². The van der Waals surface area contributed by atoms with E-state index in [2.05, 4.69) is 4.85 Å². The first-order valence-electron chi connectivity index (χ1n) is 4.07. The fraction of sp³-hybridized carbons (Fsp3) is 0. The van der Waals surface area contributed by atoms with Gasteiger partial charge in [-0.1, -0.05) is 35.8 Å². The molecule has 0 amide bonds. The summed E-state index contributed by atoms with van der Waals surface area (Å²) in [6.45, 7) is 6.58. The SMILES string of the molecule is [C-]#[N+]C=C(Bc1ccccc1)C(=O)O. The number of aliphatic carboxylic acids is 1. The molecule has 0 bridgehead atoms. The molecule has 0 aliphatic carbocycles. The number of hydrogen-bond donors (Lipinski definition) is 1. The molecule has 68 valence electrons. The van der Waals surface area contributed by atoms with Crippen molar-refractivity contribution in [2.75, 3.05) is 0 Å². The second-order valence-corrected chi connectivity index (χ2v) is 2.75. The number of carbonyl (C=O) groups is 1. The van der Waals surface area contributed by atoms with Crippen LogP contribution in [-0.2, 0) is 4.79 Å². The first-order valence-corrected chi connectivity index (χ1v) is 4.07. The van der Waals surface area contributed by atoms with Crippen LogP contribution < -0.4 is 5.46 Å². The van der Waals surface area contributed by atoms with Gasteiger partial charge in [0.2, 0.25) is 0 Å². The summed E-state index contributed by atoms with van der Waals surface area (Å²) in [5, 5.41) is 8.75. The zero-order chi connectivity index (χ0) is 10.4. The van der Waals surface area contributed by atoms with Crippen molar-refractivity contribution in [3.63, 3.8) is 0 Å². The molecule has 4 heteroatoms. The maximum atomic E-state index is 10.7. The molecule has 0 atom stereocenters. The Morgan fingerprint density at radius 2 is 2.07 bits per heavy atom. The van der Waals surface area contributed by atoms with Crippen molar-refractivity contribution in [2.45, 2.75) is 0 Å². The third kappa shape index (κ3) is 2.79. The summed E-state index contributed by atoms with van der Waals surface area (Å²) in [6, 6.07) is 9.21. The van der Waals surface area contributed by atoms with Crippen LogP contribution in [0.4, 0.5) is 0 Å². The second kappa shape index (κ2) is 4.88. The van der Waals surface area contributed by atoms with Gasteiger partial charge in [-0.15, -0.1) is 0 Å². The zero-order valence-electron chi connectivity index (χ0n) is 7.47. The number of carboxylic acids is 1. The molecular weight excluding hydrogens is 177 g/mol. The predicted octanol–water partition coefficient (Wildman–Crippen LogP) is 0.594. The van der Waals surface area contributed by atoms with Crippen LogP contribution in [0.25, 0.3) is 4.85 Å². The molecule has 1 N–H and O–H groups in total. The van der Waals surface area contributed by atoms with Gasteiger partial charge in [-0.05, 0) is 0 Å². The van der Waals surface area contributed by atoms with Gasteiger partial charge in [-0.2, -0.15) is 0 Å². The van der Waals surface area contributed by atoms with Crippen LogP contribution >= 0.6 is 0 Å². The molecule has 1 aromatic rings. The minimum Gasteiger partial charge on any atom is -0.479 e. The molecule has 3 nitrogen and oxygen atoms in total. The summed E-state index contributed by atoms with van der Waals surface area (Å²) in [4.78, 5) is 13.6. The minimum absolute atomic E-state index is 0.117. The Labute approximate surface area is 82.7 Å². The fourth-order valence-corrected chi connectivity index (χ4v) is 1.07. The average Bonchev–Trinajstić information content (AvgIpc) is 2.18. The summed E-state index contributed by atoms with van der Waals surface area (Å²) in [7, 11) is 0.290. The number of nitrogens with zero attached hydrogens (tertiary/aromatic N) is 1. The van der Waals surface area contributed by atoms with E-state index in [0.29, 0.717) is 7.28 Å². The molecule has 0 saturated heterocycles. The standard InChI is InChI=1S/C10H8BNO2/c1-12-7-9(10(13)14)11-8-5-3-2-4-6-8/h2-7,11H,(H,13,14). The van der Waals surface area contributed by atoms with Crippen molar-refractivity contribution in [3.05, 3.63) is 53.4 Å². The quantitative estimate of drug-likeness (QED) is 0.425. The highest BCUT2D eigenvalue weighted by molar-refractivity contribution is 6.66. The van der Waals surface area contributed by atoms with Gasteiger partial charge >= 0.3 is 5.97 Å². The van der Waals surface area contributed by atoms with Crippen molar-refractivity contribution in [1.82, 2.24) is 0 Å². The number of carboxylic acid groups (broad SMARTS) is 1. The summed E-state index contributed by atoms with van der Waals surface area (Å²) in [6.07, 6.45) is 1.05. The molecule has 0 unspecified atom stereocenters. The molecule has 0 spiro atoms. The molecule has 0 aliphatic rings. The third-order valence-electron chi connectivity index (χ3n) is 1.73. The van der Waals surface area contributed by atoms with Crippen LogP contribution in [0.1, 0.15) is 0 Å². The maximum absolute atomic E-state index is 10.7. The maximum Gasteiger partial charge on any atom is 0.311 e. The number of benzene rings is 1. The first kappa shape index (κ1) is 10.1. The van der Waals surface area contributed by atoms with Crippen LogP contribution in [0.5, 0.6) is 0 Å². The van der Waals surface area contributed by atoms with Crippen molar-refractivity contribution in [3.8, 4) is 0 Å². The number of rotatable bonds is 3. The Balaban J connectivity index is 2.82. The van der Waals surface area contributed by atoms with Crippen LogP contribution in [0.2, 0.25) is 0 Å². The Morgan fingerprint density at radius 3 is 2.57 bits per heavy atom. The lowest BCUT2D eigenvalue weighted by molar-refractivity contribution is -0.131. The van der Waals surface area contributed by atoms with Crippen molar-refractivity contribution in [1.29, 1.82) is 0 Å². The Bertz CT molecular complexity index is 392. The predicted molar refractivity (Wildman–Crippen MR) is 55.5 cm³/mol. The van der Waals surface area contributed by atoms with E-state index in [1.165, 1.54) is 0 Å². The molecule has 0 heterocycles. The highest BCUT2D eigenvalue weighted by Gasteiger charge is 2.08. The Kier molecular flexibility index (Phi) is 3.51. The summed E-state index contributed by atoms with van der Waals surface area (Å²) < 4.78 is 0. The van der Waals surface area contributed by atoms with Crippen molar-refractivity contribution in [2.24, 2.45) is 0 Å². The number of hydrogen-bond acceptors (Lipinski definition) is 1. The van der Waals surface area contributed by atoms with Gasteiger partial charge in [-0.25, -0.2) is 9.64 Å². The van der Waals surface area contributed by atoms with Gasteiger partial charge in [0.15, 0.2) is 13.5 Å². The molecule has 14 heavy (non-hydrogen) atoms. The summed E-state index contributed by atoms with van der Waals surface area (Å²) in [5.74, 6) is -1.04. The van der Waals surface area contributed by atoms with Gasteiger partial charge in [0, 0.05) is 5.47 Å². The van der Waals surface area contributed by atoms with Gasteiger partial charge < -0.3 is 5.11 Å². The van der Waals surface area contributed by atoms with Gasteiger partial charge in [-0.3, -0.25) is 0 Å². The summed E-state index contributed by atoms with van der Waals surface area (Å²) >= 11 is 0. The van der Waals surface area contributed by atoms with Crippen molar-refractivity contribution < 1.29 is 9.90 Å². The van der Waals surface area contributed by atoms with E-state index in [4.69, 9.17) is 11.7 Å². The first-order chi connectivity index (χ1) is 6.74. The van der Waals surface area contributed by atoms with E-state index < -0.39 is 5.97 Å². The van der Waals surface area contributed by atoms with Gasteiger partial charge in [0.05, 0.1) is 6.57 Å². The highest BCUT2D eigenvalue weighted by Crippen LogP contribution is 1.94. The van der Waals surface area contributed by atoms with Crippen LogP contribution in [0.3, 0.4) is 0 Å². The van der Waals surface area contributed by atoms with E-state index in [9.17, 15) is 4.79 Å². The molecule has 1 rings (SSSR count). The summed E-state index contributed by atoms with van der Waals surface area (Å²) in [5.41, 5.74) is 1.01. The lowest BCUT2D eigenvalue weighted by Crippen LogP contribution is -2.20. The molecule has 0 radical (unpaired) electrons. The molecule has 0 saturated carbocycles. The van der Waals surface area contributed by atoms with E-state index in [-0.39, 0.29) is 5.47 Å². The highest BCUT2D eigenvalue weighted by atomic mass is 16.4. The third-order valence-corrected chi connectivity index (χ3v) is 1.73. The molecule has 0 aromatic heterocycles. The normalized spacial score (nSPS) is 10.4. The second-order valence-electron chi connectivity index (χ2n) is 2.75.